The van der Waals surface area contributed by atoms with Crippen molar-refractivity contribution in [1.29, 1.82) is 0 Å². The van der Waals surface area contributed by atoms with E-state index in [1.165, 1.54) is 0 Å². The number of carboxylic acid groups (broad SMARTS) is 1. The van der Waals surface area contributed by atoms with E-state index in [9.17, 15) is 4.79 Å². The maximum atomic E-state index is 10.9. The van der Waals surface area contributed by atoms with E-state index in [4.69, 9.17) is 15.6 Å². The van der Waals surface area contributed by atoms with E-state index in [0.29, 0.717) is 18.6 Å². The van der Waals surface area contributed by atoms with Gasteiger partial charge in [0.15, 0.2) is 6.10 Å². The van der Waals surface area contributed by atoms with Crippen LogP contribution >= 0.6 is 0 Å². The lowest BCUT2D eigenvalue weighted by atomic mass is 10.1. The highest BCUT2D eigenvalue weighted by atomic mass is 16.5. The third kappa shape index (κ3) is 4.07. The van der Waals surface area contributed by atoms with Crippen LogP contribution in [0.15, 0.2) is 24.3 Å². The zero-order valence-electron chi connectivity index (χ0n) is 10.2. The van der Waals surface area contributed by atoms with Crippen molar-refractivity contribution in [3.05, 3.63) is 29.8 Å². The Morgan fingerprint density at radius 1 is 1.47 bits per heavy atom. The lowest BCUT2D eigenvalue weighted by Gasteiger charge is -2.17. The third-order valence-electron chi connectivity index (χ3n) is 2.43. The molecule has 0 bridgehead atoms. The molecule has 4 heteroatoms. The molecule has 0 saturated heterocycles. The van der Waals surface area contributed by atoms with Gasteiger partial charge in [-0.3, -0.25) is 0 Å². The molecule has 1 aromatic carbocycles. The Hall–Kier alpha value is -1.55. The number of ether oxygens (including phenoxy) is 1. The molecule has 0 amide bonds. The number of nitrogens with two attached hydrogens (primary N) is 1. The van der Waals surface area contributed by atoms with Gasteiger partial charge in [-0.05, 0) is 31.4 Å². The van der Waals surface area contributed by atoms with Gasteiger partial charge >= 0.3 is 5.97 Å². The summed E-state index contributed by atoms with van der Waals surface area (Å²) in [6, 6.07) is 7.43. The van der Waals surface area contributed by atoms with Gasteiger partial charge in [0.25, 0.3) is 0 Å². The molecule has 94 valence electrons. The van der Waals surface area contributed by atoms with Crippen molar-refractivity contribution in [3.63, 3.8) is 0 Å². The van der Waals surface area contributed by atoms with Crippen LogP contribution in [0.4, 0.5) is 0 Å². The van der Waals surface area contributed by atoms with Crippen molar-refractivity contribution in [2.24, 2.45) is 5.73 Å². The summed E-state index contributed by atoms with van der Waals surface area (Å²) in [5, 5.41) is 8.96. The largest absolute Gasteiger partial charge is 0.479 e. The van der Waals surface area contributed by atoms with E-state index in [0.717, 1.165) is 5.56 Å². The lowest BCUT2D eigenvalue weighted by molar-refractivity contribution is -0.145. The van der Waals surface area contributed by atoms with E-state index >= 15 is 0 Å². The van der Waals surface area contributed by atoms with Crippen LogP contribution in [0, 0.1) is 0 Å². The van der Waals surface area contributed by atoms with Crippen LogP contribution in [-0.4, -0.2) is 23.2 Å². The molecule has 0 aliphatic carbocycles. The van der Waals surface area contributed by atoms with Gasteiger partial charge in [-0.15, -0.1) is 0 Å². The van der Waals surface area contributed by atoms with E-state index in [-0.39, 0.29) is 6.04 Å². The average Bonchev–Trinajstić information content (AvgIpc) is 2.26. The summed E-state index contributed by atoms with van der Waals surface area (Å²) < 4.78 is 5.50. The van der Waals surface area contributed by atoms with Crippen molar-refractivity contribution >= 4 is 5.97 Å². The lowest BCUT2D eigenvalue weighted by Crippen LogP contribution is -2.27. The standard InChI is InChI=1S/C13H19NO3/c1-3-11(13(15)16)17-12-7-5-4-6-10(12)8-9(2)14/h4-7,9,11H,3,8,14H2,1-2H3,(H,15,16). The Balaban J connectivity index is 2.85. The third-order valence-corrected chi connectivity index (χ3v) is 2.43. The molecular formula is C13H19NO3. The molecule has 0 spiro atoms. The SMILES string of the molecule is CCC(Oc1ccccc1CC(C)N)C(=O)O. The van der Waals surface area contributed by atoms with Crippen molar-refractivity contribution in [3.8, 4) is 5.75 Å². The van der Waals surface area contributed by atoms with E-state index < -0.39 is 12.1 Å². The smallest absolute Gasteiger partial charge is 0.344 e. The van der Waals surface area contributed by atoms with E-state index in [2.05, 4.69) is 0 Å². The van der Waals surface area contributed by atoms with Crippen LogP contribution in [0.2, 0.25) is 0 Å². The fourth-order valence-electron chi connectivity index (χ4n) is 1.60. The van der Waals surface area contributed by atoms with Crippen molar-refractivity contribution in [2.75, 3.05) is 0 Å². The predicted octanol–water partition coefficient (Wildman–Crippen LogP) is 1.82. The van der Waals surface area contributed by atoms with Crippen molar-refractivity contribution < 1.29 is 14.6 Å². The molecule has 0 aromatic heterocycles. The van der Waals surface area contributed by atoms with E-state index in [1.54, 1.807) is 13.0 Å². The van der Waals surface area contributed by atoms with Gasteiger partial charge in [0, 0.05) is 6.04 Å². The van der Waals surface area contributed by atoms with Crippen LogP contribution in [0.25, 0.3) is 0 Å². The molecule has 0 fully saturated rings. The molecule has 17 heavy (non-hydrogen) atoms. The maximum absolute atomic E-state index is 10.9. The number of rotatable bonds is 6. The molecule has 2 unspecified atom stereocenters. The van der Waals surface area contributed by atoms with Gasteiger partial charge < -0.3 is 15.6 Å². The monoisotopic (exact) mass is 237 g/mol. The fraction of sp³-hybridized carbons (Fsp3) is 0.462. The topological polar surface area (TPSA) is 72.5 Å². The van der Waals surface area contributed by atoms with Gasteiger partial charge in [-0.25, -0.2) is 4.79 Å². The number of carboxylic acids is 1. The zero-order chi connectivity index (χ0) is 12.8. The predicted molar refractivity (Wildman–Crippen MR) is 66.1 cm³/mol. The van der Waals surface area contributed by atoms with Gasteiger partial charge in [0.2, 0.25) is 0 Å². The van der Waals surface area contributed by atoms with Crippen molar-refractivity contribution in [1.82, 2.24) is 0 Å². The molecule has 1 aromatic rings. The van der Waals surface area contributed by atoms with Gasteiger partial charge in [0.1, 0.15) is 5.75 Å². The summed E-state index contributed by atoms with van der Waals surface area (Å²) in [5.74, 6) is -0.331. The first-order valence-electron chi connectivity index (χ1n) is 5.77. The Morgan fingerprint density at radius 2 is 2.12 bits per heavy atom. The zero-order valence-corrected chi connectivity index (χ0v) is 10.2. The van der Waals surface area contributed by atoms with Gasteiger partial charge in [-0.1, -0.05) is 25.1 Å². The second-order valence-electron chi connectivity index (χ2n) is 4.14. The Bertz CT molecular complexity index is 377. The molecule has 0 aliphatic heterocycles. The maximum Gasteiger partial charge on any atom is 0.344 e. The molecule has 0 aliphatic rings. The molecule has 4 nitrogen and oxygen atoms in total. The average molecular weight is 237 g/mol. The fourth-order valence-corrected chi connectivity index (χ4v) is 1.60. The summed E-state index contributed by atoms with van der Waals surface area (Å²) in [7, 11) is 0. The minimum absolute atomic E-state index is 0.0182. The molecular weight excluding hydrogens is 218 g/mol. The van der Waals surface area contributed by atoms with Gasteiger partial charge in [0.05, 0.1) is 0 Å². The normalized spacial score (nSPS) is 14.1. The summed E-state index contributed by atoms with van der Waals surface area (Å²) in [4.78, 5) is 10.9. The quantitative estimate of drug-likeness (QED) is 0.791. The molecule has 0 heterocycles. The van der Waals surface area contributed by atoms with Crippen LogP contribution in [0.3, 0.4) is 0 Å². The first-order chi connectivity index (χ1) is 8.04. The molecule has 0 saturated carbocycles. The number of para-hydroxylation sites is 1. The summed E-state index contributed by atoms with van der Waals surface area (Å²) >= 11 is 0. The van der Waals surface area contributed by atoms with Crippen molar-refractivity contribution in [2.45, 2.75) is 38.8 Å². The second-order valence-corrected chi connectivity index (χ2v) is 4.14. The minimum atomic E-state index is -0.942. The number of hydrogen-bond donors (Lipinski definition) is 2. The van der Waals surface area contributed by atoms with Crippen LogP contribution in [0.5, 0.6) is 5.75 Å². The number of carbonyl (C=O) groups is 1. The summed E-state index contributed by atoms with van der Waals surface area (Å²) in [6.07, 6.45) is 0.304. The van der Waals surface area contributed by atoms with E-state index in [1.807, 2.05) is 25.1 Å². The first-order valence-corrected chi connectivity index (χ1v) is 5.77. The number of benzene rings is 1. The highest BCUT2D eigenvalue weighted by Crippen LogP contribution is 2.21. The Kier molecular flexibility index (Phi) is 4.97. The first kappa shape index (κ1) is 13.5. The molecule has 0 radical (unpaired) electrons. The number of hydrogen-bond acceptors (Lipinski definition) is 3. The Labute approximate surface area is 101 Å². The van der Waals surface area contributed by atoms with Crippen LogP contribution in [-0.2, 0) is 11.2 Å². The number of aliphatic carboxylic acids is 1. The molecule has 3 N–H and O–H groups in total. The highest BCUT2D eigenvalue weighted by molar-refractivity contribution is 5.72. The van der Waals surface area contributed by atoms with Gasteiger partial charge in [-0.2, -0.15) is 0 Å². The summed E-state index contributed by atoms with van der Waals surface area (Å²) in [6.45, 7) is 3.69. The highest BCUT2D eigenvalue weighted by Gasteiger charge is 2.18. The van der Waals surface area contributed by atoms with Crippen LogP contribution in [0.1, 0.15) is 25.8 Å². The Morgan fingerprint density at radius 3 is 2.65 bits per heavy atom. The van der Waals surface area contributed by atoms with Crippen LogP contribution < -0.4 is 10.5 Å². The molecule has 1 rings (SSSR count). The summed E-state index contributed by atoms with van der Waals surface area (Å²) in [5.41, 5.74) is 6.69. The minimum Gasteiger partial charge on any atom is -0.479 e. The molecule has 2 atom stereocenters. The second kappa shape index (κ2) is 6.25.